The molecule has 1 fully saturated rings. The van der Waals surface area contributed by atoms with Crippen molar-refractivity contribution in [2.45, 2.75) is 25.8 Å². The lowest BCUT2D eigenvalue weighted by Crippen LogP contribution is -2.23. The lowest BCUT2D eigenvalue weighted by molar-refractivity contribution is 0.392. The number of hydrogen-bond acceptors (Lipinski definition) is 2. The van der Waals surface area contributed by atoms with E-state index in [1.165, 1.54) is 18.4 Å². The van der Waals surface area contributed by atoms with Gasteiger partial charge in [-0.05, 0) is 37.4 Å². The van der Waals surface area contributed by atoms with Crippen molar-refractivity contribution in [1.82, 2.24) is 5.32 Å². The highest BCUT2D eigenvalue weighted by Gasteiger charge is 2.33. The number of nitrogens with one attached hydrogen (secondary N) is 1. The molecule has 0 amide bonds. The third-order valence-electron chi connectivity index (χ3n) is 3.05. The Morgan fingerprint density at radius 2 is 2.25 bits per heavy atom. The number of hydrogen-bond donors (Lipinski definition) is 1. The molecule has 88 valence electrons. The molecule has 0 heterocycles. The van der Waals surface area contributed by atoms with Crippen LogP contribution >= 0.6 is 15.9 Å². The minimum absolute atomic E-state index is 0.452. The fraction of sp³-hybridized carbons (Fsp3) is 0.538. The molecule has 0 bridgehead atoms. The summed E-state index contributed by atoms with van der Waals surface area (Å²) in [6, 6.07) is 6.74. The zero-order chi connectivity index (χ0) is 11.5. The zero-order valence-electron chi connectivity index (χ0n) is 9.79. The smallest absolute Gasteiger partial charge is 0.124 e. The van der Waals surface area contributed by atoms with E-state index < -0.39 is 0 Å². The van der Waals surface area contributed by atoms with Crippen molar-refractivity contribution < 1.29 is 4.74 Å². The molecule has 1 unspecified atom stereocenters. The van der Waals surface area contributed by atoms with Gasteiger partial charge in [-0.2, -0.15) is 0 Å². The average Bonchev–Trinajstić information content (AvgIpc) is 3.10. The van der Waals surface area contributed by atoms with Gasteiger partial charge >= 0.3 is 0 Å². The Morgan fingerprint density at radius 3 is 2.81 bits per heavy atom. The topological polar surface area (TPSA) is 21.3 Å². The maximum atomic E-state index is 5.46. The Morgan fingerprint density at radius 1 is 1.50 bits per heavy atom. The molecule has 1 aromatic rings. The largest absolute Gasteiger partial charge is 0.496 e. The summed E-state index contributed by atoms with van der Waals surface area (Å²) in [6.07, 6.45) is 2.66. The average molecular weight is 284 g/mol. The molecule has 2 nitrogen and oxygen atoms in total. The fourth-order valence-electron chi connectivity index (χ4n) is 2.12. The highest BCUT2D eigenvalue weighted by molar-refractivity contribution is 9.10. The third kappa shape index (κ3) is 2.58. The summed E-state index contributed by atoms with van der Waals surface area (Å²) in [4.78, 5) is 0. The number of halogens is 1. The predicted octanol–water partition coefficient (Wildman–Crippen LogP) is 3.52. The minimum atomic E-state index is 0.452. The van der Waals surface area contributed by atoms with E-state index in [0.29, 0.717) is 6.04 Å². The molecule has 0 radical (unpaired) electrons. The van der Waals surface area contributed by atoms with Crippen LogP contribution in [0, 0.1) is 5.92 Å². The van der Waals surface area contributed by atoms with E-state index in [0.717, 1.165) is 22.7 Å². The van der Waals surface area contributed by atoms with Gasteiger partial charge in [-0.1, -0.05) is 28.9 Å². The van der Waals surface area contributed by atoms with Crippen LogP contribution in [0.4, 0.5) is 0 Å². The molecule has 3 heteroatoms. The molecule has 0 saturated heterocycles. The molecule has 0 spiro atoms. The minimum Gasteiger partial charge on any atom is -0.496 e. The molecule has 1 atom stereocenters. The first-order valence-electron chi connectivity index (χ1n) is 5.83. The molecule has 1 aromatic carbocycles. The van der Waals surface area contributed by atoms with Crippen molar-refractivity contribution >= 4 is 15.9 Å². The van der Waals surface area contributed by atoms with Crippen LogP contribution in [0.15, 0.2) is 22.7 Å². The normalized spacial score (nSPS) is 17.2. The van der Waals surface area contributed by atoms with Crippen molar-refractivity contribution in [3.63, 3.8) is 0 Å². The van der Waals surface area contributed by atoms with Crippen LogP contribution in [0.3, 0.4) is 0 Å². The number of ether oxygens (including phenoxy) is 1. The molecular weight excluding hydrogens is 266 g/mol. The first-order chi connectivity index (χ1) is 7.76. The second kappa shape index (κ2) is 5.19. The van der Waals surface area contributed by atoms with Crippen LogP contribution in [0.2, 0.25) is 0 Å². The van der Waals surface area contributed by atoms with Crippen LogP contribution in [0.5, 0.6) is 5.75 Å². The molecule has 1 saturated carbocycles. The molecule has 0 aliphatic heterocycles. The summed E-state index contributed by atoms with van der Waals surface area (Å²) in [6.45, 7) is 3.15. The molecule has 2 rings (SSSR count). The molecule has 16 heavy (non-hydrogen) atoms. The van der Waals surface area contributed by atoms with Crippen LogP contribution in [0.1, 0.15) is 31.4 Å². The second-order valence-electron chi connectivity index (χ2n) is 4.26. The van der Waals surface area contributed by atoms with Gasteiger partial charge in [0.15, 0.2) is 0 Å². The third-order valence-corrected chi connectivity index (χ3v) is 3.54. The maximum Gasteiger partial charge on any atom is 0.124 e. The van der Waals surface area contributed by atoms with Gasteiger partial charge < -0.3 is 10.1 Å². The van der Waals surface area contributed by atoms with Gasteiger partial charge in [0, 0.05) is 16.1 Å². The number of rotatable bonds is 5. The van der Waals surface area contributed by atoms with Crippen molar-refractivity contribution in [1.29, 1.82) is 0 Å². The first kappa shape index (κ1) is 11.9. The number of benzene rings is 1. The summed E-state index contributed by atoms with van der Waals surface area (Å²) in [5, 5.41) is 3.56. The van der Waals surface area contributed by atoms with Crippen LogP contribution in [-0.2, 0) is 0 Å². The molecular formula is C13H18BrNO. The summed E-state index contributed by atoms with van der Waals surface area (Å²) in [5.74, 6) is 1.77. The van der Waals surface area contributed by atoms with Gasteiger partial charge in [0.1, 0.15) is 5.75 Å². The van der Waals surface area contributed by atoms with Gasteiger partial charge in [0.25, 0.3) is 0 Å². The van der Waals surface area contributed by atoms with E-state index in [1.807, 2.05) is 6.07 Å². The summed E-state index contributed by atoms with van der Waals surface area (Å²) in [7, 11) is 1.74. The lowest BCUT2D eigenvalue weighted by atomic mass is 10.0. The van der Waals surface area contributed by atoms with E-state index in [1.54, 1.807) is 7.11 Å². The highest BCUT2D eigenvalue weighted by atomic mass is 79.9. The van der Waals surface area contributed by atoms with Gasteiger partial charge in [-0.15, -0.1) is 0 Å². The van der Waals surface area contributed by atoms with E-state index in [2.05, 4.69) is 40.3 Å². The second-order valence-corrected chi connectivity index (χ2v) is 5.17. The standard InChI is InChI=1S/C13H18BrNO/c1-3-15-13(9-4-5-9)11-7-6-10(14)8-12(11)16-2/h6-9,13,15H,3-5H2,1-2H3. The Hall–Kier alpha value is -0.540. The van der Waals surface area contributed by atoms with Gasteiger partial charge in [0.05, 0.1) is 7.11 Å². The summed E-state index contributed by atoms with van der Waals surface area (Å²) in [5.41, 5.74) is 1.29. The molecule has 1 aliphatic carbocycles. The van der Waals surface area contributed by atoms with E-state index in [-0.39, 0.29) is 0 Å². The highest BCUT2D eigenvalue weighted by Crippen LogP contribution is 2.43. The summed E-state index contributed by atoms with van der Waals surface area (Å²) < 4.78 is 6.53. The van der Waals surface area contributed by atoms with Crippen molar-refractivity contribution in [3.05, 3.63) is 28.2 Å². The van der Waals surface area contributed by atoms with Gasteiger partial charge in [-0.25, -0.2) is 0 Å². The summed E-state index contributed by atoms with van der Waals surface area (Å²) >= 11 is 3.48. The van der Waals surface area contributed by atoms with Crippen molar-refractivity contribution in [2.75, 3.05) is 13.7 Å². The SMILES string of the molecule is CCNC(c1ccc(Br)cc1OC)C1CC1. The fourth-order valence-corrected chi connectivity index (χ4v) is 2.46. The quantitative estimate of drug-likeness (QED) is 0.893. The van der Waals surface area contributed by atoms with Crippen molar-refractivity contribution in [3.8, 4) is 5.75 Å². The van der Waals surface area contributed by atoms with Crippen LogP contribution < -0.4 is 10.1 Å². The van der Waals surface area contributed by atoms with E-state index in [4.69, 9.17) is 4.74 Å². The molecule has 1 N–H and O–H groups in total. The Balaban J connectivity index is 2.28. The van der Waals surface area contributed by atoms with Gasteiger partial charge in [0.2, 0.25) is 0 Å². The van der Waals surface area contributed by atoms with Crippen LogP contribution in [-0.4, -0.2) is 13.7 Å². The van der Waals surface area contributed by atoms with E-state index in [9.17, 15) is 0 Å². The lowest BCUT2D eigenvalue weighted by Gasteiger charge is -2.20. The molecule has 0 aromatic heterocycles. The zero-order valence-corrected chi connectivity index (χ0v) is 11.4. The van der Waals surface area contributed by atoms with Gasteiger partial charge in [-0.3, -0.25) is 0 Å². The molecule has 1 aliphatic rings. The Kier molecular flexibility index (Phi) is 3.87. The predicted molar refractivity (Wildman–Crippen MR) is 69.8 cm³/mol. The van der Waals surface area contributed by atoms with E-state index >= 15 is 0 Å². The van der Waals surface area contributed by atoms with Crippen molar-refractivity contribution in [2.24, 2.45) is 5.92 Å². The Bertz CT molecular complexity index is 363. The maximum absolute atomic E-state index is 5.46. The number of methoxy groups -OCH3 is 1. The first-order valence-corrected chi connectivity index (χ1v) is 6.62. The van der Waals surface area contributed by atoms with Crippen LogP contribution in [0.25, 0.3) is 0 Å². The monoisotopic (exact) mass is 283 g/mol. The Labute approximate surface area is 106 Å².